The molecule has 126 valence electrons. The zero-order chi connectivity index (χ0) is 17.7. The van der Waals surface area contributed by atoms with Crippen LogP contribution >= 0.6 is 0 Å². The van der Waals surface area contributed by atoms with Crippen molar-refractivity contribution in [2.24, 2.45) is 11.5 Å². The number of hydrogen-bond acceptors (Lipinski definition) is 6. The molecule has 0 heterocycles. The van der Waals surface area contributed by atoms with Crippen LogP contribution in [0.2, 0.25) is 0 Å². The van der Waals surface area contributed by atoms with Gasteiger partial charge >= 0.3 is 11.9 Å². The summed E-state index contributed by atoms with van der Waals surface area (Å²) in [6.07, 6.45) is 0. The highest BCUT2D eigenvalue weighted by atomic mass is 16.5. The molecule has 0 aliphatic rings. The molecule has 0 fully saturated rings. The van der Waals surface area contributed by atoms with Crippen LogP contribution in [-0.2, 0) is 9.47 Å². The molecule has 2 atom stereocenters. The van der Waals surface area contributed by atoms with Crippen LogP contribution in [0.1, 0.15) is 43.9 Å². The first kappa shape index (κ1) is 17.7. The van der Waals surface area contributed by atoms with Crippen molar-refractivity contribution in [2.45, 2.75) is 12.1 Å². The van der Waals surface area contributed by atoms with Crippen LogP contribution in [0, 0.1) is 0 Å². The molecule has 0 aliphatic heterocycles. The SMILES string of the molecule is COC(=O)c1cccc([C@@H](N)[C@H](N)c2cccc(C(=O)OC)c2)c1. The van der Waals surface area contributed by atoms with Crippen molar-refractivity contribution in [1.82, 2.24) is 0 Å². The molecule has 0 saturated heterocycles. The van der Waals surface area contributed by atoms with Crippen LogP contribution in [0.4, 0.5) is 0 Å². The Hall–Kier alpha value is -2.70. The first-order valence-electron chi connectivity index (χ1n) is 7.35. The van der Waals surface area contributed by atoms with Crippen molar-refractivity contribution >= 4 is 11.9 Å². The lowest BCUT2D eigenvalue weighted by molar-refractivity contribution is 0.0591. The highest BCUT2D eigenvalue weighted by molar-refractivity contribution is 5.90. The first-order valence-corrected chi connectivity index (χ1v) is 7.35. The molecule has 0 saturated carbocycles. The van der Waals surface area contributed by atoms with E-state index in [0.29, 0.717) is 22.3 Å². The van der Waals surface area contributed by atoms with Gasteiger partial charge in [0.25, 0.3) is 0 Å². The van der Waals surface area contributed by atoms with E-state index in [9.17, 15) is 9.59 Å². The Morgan fingerprint density at radius 2 is 1.17 bits per heavy atom. The van der Waals surface area contributed by atoms with E-state index >= 15 is 0 Å². The van der Waals surface area contributed by atoms with Gasteiger partial charge in [0.05, 0.1) is 25.3 Å². The number of methoxy groups -OCH3 is 2. The highest BCUT2D eigenvalue weighted by Crippen LogP contribution is 2.26. The van der Waals surface area contributed by atoms with Crippen LogP contribution < -0.4 is 11.5 Å². The number of carbonyl (C=O) groups excluding carboxylic acids is 2. The van der Waals surface area contributed by atoms with Gasteiger partial charge < -0.3 is 20.9 Å². The van der Waals surface area contributed by atoms with Crippen molar-refractivity contribution < 1.29 is 19.1 Å². The number of hydrogen-bond donors (Lipinski definition) is 2. The normalized spacial score (nSPS) is 13.0. The summed E-state index contributed by atoms with van der Waals surface area (Å²) in [7, 11) is 2.64. The quantitative estimate of drug-likeness (QED) is 0.813. The topological polar surface area (TPSA) is 105 Å². The second-order valence-electron chi connectivity index (χ2n) is 5.29. The Morgan fingerprint density at radius 3 is 1.50 bits per heavy atom. The number of nitrogens with two attached hydrogens (primary N) is 2. The van der Waals surface area contributed by atoms with Gasteiger partial charge in [-0.1, -0.05) is 24.3 Å². The highest BCUT2D eigenvalue weighted by Gasteiger charge is 2.20. The largest absolute Gasteiger partial charge is 0.465 e. The molecule has 24 heavy (non-hydrogen) atoms. The number of carbonyl (C=O) groups is 2. The molecule has 0 aromatic heterocycles. The minimum atomic E-state index is -0.553. The van der Waals surface area contributed by atoms with Crippen LogP contribution in [-0.4, -0.2) is 26.2 Å². The summed E-state index contributed by atoms with van der Waals surface area (Å²) < 4.78 is 9.42. The summed E-state index contributed by atoms with van der Waals surface area (Å²) in [5.74, 6) is -0.879. The lowest BCUT2D eigenvalue weighted by atomic mass is 9.93. The van der Waals surface area contributed by atoms with Crippen molar-refractivity contribution in [3.63, 3.8) is 0 Å². The van der Waals surface area contributed by atoms with Crippen molar-refractivity contribution in [3.05, 3.63) is 70.8 Å². The van der Waals surface area contributed by atoms with E-state index in [2.05, 4.69) is 0 Å². The van der Waals surface area contributed by atoms with Crippen LogP contribution in [0.5, 0.6) is 0 Å². The van der Waals surface area contributed by atoms with Gasteiger partial charge in [-0.3, -0.25) is 0 Å². The summed E-state index contributed by atoms with van der Waals surface area (Å²) in [4.78, 5) is 23.3. The third-order valence-corrected chi connectivity index (χ3v) is 3.77. The Balaban J connectivity index is 2.28. The lowest BCUT2D eigenvalue weighted by Crippen LogP contribution is -2.27. The molecule has 6 heteroatoms. The van der Waals surface area contributed by atoms with Crippen molar-refractivity contribution in [2.75, 3.05) is 14.2 Å². The number of rotatable bonds is 5. The van der Waals surface area contributed by atoms with Gasteiger partial charge in [0.1, 0.15) is 0 Å². The average molecular weight is 328 g/mol. The number of ether oxygens (including phenoxy) is 2. The maximum absolute atomic E-state index is 11.6. The van der Waals surface area contributed by atoms with Crippen molar-refractivity contribution in [3.8, 4) is 0 Å². The van der Waals surface area contributed by atoms with E-state index in [4.69, 9.17) is 20.9 Å². The zero-order valence-corrected chi connectivity index (χ0v) is 13.6. The minimum Gasteiger partial charge on any atom is -0.465 e. The molecule has 0 unspecified atom stereocenters. The molecular weight excluding hydrogens is 308 g/mol. The molecule has 0 radical (unpaired) electrons. The molecule has 4 N–H and O–H groups in total. The smallest absolute Gasteiger partial charge is 0.337 e. The monoisotopic (exact) mass is 328 g/mol. The molecule has 2 rings (SSSR count). The van der Waals surface area contributed by atoms with Gasteiger partial charge in [0, 0.05) is 12.1 Å². The summed E-state index contributed by atoms with van der Waals surface area (Å²) >= 11 is 0. The molecule has 0 amide bonds. The second-order valence-corrected chi connectivity index (χ2v) is 5.29. The minimum absolute atomic E-state index is 0.404. The van der Waals surface area contributed by atoms with Gasteiger partial charge in [0.15, 0.2) is 0 Å². The Bertz CT molecular complexity index is 682. The van der Waals surface area contributed by atoms with E-state index < -0.39 is 24.0 Å². The van der Waals surface area contributed by atoms with E-state index in [1.165, 1.54) is 14.2 Å². The fourth-order valence-corrected chi connectivity index (χ4v) is 2.40. The standard InChI is InChI=1S/C18H20N2O4/c1-23-17(21)13-7-3-5-11(9-13)15(19)16(20)12-6-4-8-14(10-12)18(22)24-2/h3-10,15-16H,19-20H2,1-2H3/t15-,16-/m1/s1. The number of benzene rings is 2. The maximum Gasteiger partial charge on any atom is 0.337 e. The molecule has 0 spiro atoms. The zero-order valence-electron chi connectivity index (χ0n) is 13.6. The van der Waals surface area contributed by atoms with Crippen LogP contribution in [0.25, 0.3) is 0 Å². The molecule has 2 aromatic carbocycles. The summed E-state index contributed by atoms with van der Waals surface area (Å²) in [5.41, 5.74) is 14.7. The average Bonchev–Trinajstić information content (AvgIpc) is 2.65. The van der Waals surface area contributed by atoms with Crippen molar-refractivity contribution in [1.29, 1.82) is 0 Å². The summed E-state index contributed by atoms with van der Waals surface area (Å²) in [6, 6.07) is 12.5. The third kappa shape index (κ3) is 3.79. The van der Waals surface area contributed by atoms with Crippen LogP contribution in [0.15, 0.2) is 48.5 Å². The summed E-state index contributed by atoms with van der Waals surface area (Å²) in [5, 5.41) is 0. The lowest BCUT2D eigenvalue weighted by Gasteiger charge is -2.21. The van der Waals surface area contributed by atoms with Gasteiger partial charge in [-0.15, -0.1) is 0 Å². The molecule has 0 bridgehead atoms. The Kier molecular flexibility index (Phi) is 5.68. The van der Waals surface area contributed by atoms with E-state index in [0.717, 1.165) is 0 Å². The molecule has 2 aromatic rings. The first-order chi connectivity index (χ1) is 11.5. The van der Waals surface area contributed by atoms with E-state index in [1.54, 1.807) is 48.5 Å². The van der Waals surface area contributed by atoms with Gasteiger partial charge in [0.2, 0.25) is 0 Å². The van der Waals surface area contributed by atoms with Crippen LogP contribution in [0.3, 0.4) is 0 Å². The fraction of sp³-hybridized carbons (Fsp3) is 0.222. The Morgan fingerprint density at radius 1 is 0.792 bits per heavy atom. The Labute approximate surface area is 140 Å². The second kappa shape index (κ2) is 7.72. The third-order valence-electron chi connectivity index (χ3n) is 3.77. The van der Waals surface area contributed by atoms with Gasteiger partial charge in [-0.25, -0.2) is 9.59 Å². The summed E-state index contributed by atoms with van der Waals surface area (Å²) in [6.45, 7) is 0. The predicted octanol–water partition coefficient (Wildman–Crippen LogP) is 1.96. The van der Waals surface area contributed by atoms with E-state index in [1.807, 2.05) is 0 Å². The van der Waals surface area contributed by atoms with Gasteiger partial charge in [-0.2, -0.15) is 0 Å². The van der Waals surface area contributed by atoms with E-state index in [-0.39, 0.29) is 0 Å². The van der Waals surface area contributed by atoms with Gasteiger partial charge in [-0.05, 0) is 35.4 Å². The molecule has 0 aliphatic carbocycles. The predicted molar refractivity (Wildman–Crippen MR) is 89.4 cm³/mol. The number of esters is 2. The molecule has 6 nitrogen and oxygen atoms in total. The maximum atomic E-state index is 11.6. The fourth-order valence-electron chi connectivity index (χ4n) is 2.40. The molecular formula is C18H20N2O4.